The molecule has 2 N–H and O–H groups in total. The van der Waals surface area contributed by atoms with Crippen LogP contribution in [0.5, 0.6) is 0 Å². The van der Waals surface area contributed by atoms with E-state index in [-0.39, 0.29) is 24.0 Å². The van der Waals surface area contributed by atoms with Crippen LogP contribution < -0.4 is 10.6 Å². The van der Waals surface area contributed by atoms with E-state index in [9.17, 15) is 9.59 Å². The number of furan rings is 1. The Morgan fingerprint density at radius 3 is 2.72 bits per heavy atom. The highest BCUT2D eigenvalue weighted by Crippen LogP contribution is 2.35. The minimum Gasteiger partial charge on any atom is -0.459 e. The molecule has 4 aromatic rings. The summed E-state index contributed by atoms with van der Waals surface area (Å²) in [5.41, 5.74) is 4.10. The second kappa shape index (κ2) is 7.18. The lowest BCUT2D eigenvalue weighted by atomic mass is 10.0. The van der Waals surface area contributed by atoms with Crippen molar-refractivity contribution in [2.24, 2.45) is 0 Å². The number of hydrogen-bond acceptors (Lipinski definition) is 5. The maximum absolute atomic E-state index is 12.6. The van der Waals surface area contributed by atoms with Gasteiger partial charge in [0, 0.05) is 16.5 Å². The van der Waals surface area contributed by atoms with Gasteiger partial charge in [-0.25, -0.2) is 4.98 Å². The summed E-state index contributed by atoms with van der Waals surface area (Å²) in [7, 11) is 0. The van der Waals surface area contributed by atoms with Crippen molar-refractivity contribution in [3.8, 4) is 0 Å². The summed E-state index contributed by atoms with van der Waals surface area (Å²) >= 11 is 1.27. The third-order valence-corrected chi connectivity index (χ3v) is 5.82. The first-order valence-electron chi connectivity index (χ1n) is 9.30. The summed E-state index contributed by atoms with van der Waals surface area (Å²) in [6.07, 6.45) is 3.67. The zero-order valence-electron chi connectivity index (χ0n) is 15.4. The fraction of sp³-hybridized carbons (Fsp3) is 0.136. The largest absolute Gasteiger partial charge is 0.459 e. The van der Waals surface area contributed by atoms with Crippen LogP contribution >= 0.6 is 11.3 Å². The summed E-state index contributed by atoms with van der Waals surface area (Å²) in [6.45, 7) is 0. The number of amides is 2. The number of carbonyl (C=O) groups is 2. The van der Waals surface area contributed by atoms with Crippen molar-refractivity contribution >= 4 is 44.7 Å². The smallest absolute Gasteiger partial charge is 0.293 e. The van der Waals surface area contributed by atoms with Crippen LogP contribution in [0.3, 0.4) is 0 Å². The van der Waals surface area contributed by atoms with Gasteiger partial charge in [0.15, 0.2) is 10.9 Å². The van der Waals surface area contributed by atoms with Crippen LogP contribution in [-0.4, -0.2) is 16.8 Å². The number of rotatable bonds is 5. The average molecular weight is 403 g/mol. The van der Waals surface area contributed by atoms with Crippen LogP contribution in [0.1, 0.15) is 27.4 Å². The van der Waals surface area contributed by atoms with E-state index in [0.717, 1.165) is 23.9 Å². The van der Waals surface area contributed by atoms with Gasteiger partial charge < -0.3 is 9.73 Å². The van der Waals surface area contributed by atoms with Gasteiger partial charge in [0.05, 0.1) is 18.4 Å². The first-order valence-corrected chi connectivity index (χ1v) is 10.2. The Bertz CT molecular complexity index is 1220. The molecule has 0 radical (unpaired) electrons. The van der Waals surface area contributed by atoms with Crippen molar-refractivity contribution in [1.29, 1.82) is 0 Å². The molecule has 2 aromatic carbocycles. The van der Waals surface area contributed by atoms with Crippen LogP contribution in [0.25, 0.3) is 10.8 Å². The summed E-state index contributed by atoms with van der Waals surface area (Å²) < 4.78 is 5.06. The third-order valence-electron chi connectivity index (χ3n) is 5.01. The third kappa shape index (κ3) is 3.40. The molecule has 1 aliphatic carbocycles. The van der Waals surface area contributed by atoms with E-state index in [1.807, 2.05) is 18.2 Å². The van der Waals surface area contributed by atoms with Crippen LogP contribution in [0, 0.1) is 0 Å². The number of thiazole rings is 1. The van der Waals surface area contributed by atoms with Crippen molar-refractivity contribution in [3.63, 3.8) is 0 Å². The second-order valence-electron chi connectivity index (χ2n) is 6.91. The molecule has 0 bridgehead atoms. The maximum Gasteiger partial charge on any atom is 0.293 e. The number of nitrogens with zero attached hydrogens (tertiary/aromatic N) is 1. The SMILES string of the molecule is O=C(Cc1csc(NC(=O)c2ccco2)n1)Nc1ccc2c3c(cccc13)CC2. The van der Waals surface area contributed by atoms with E-state index in [4.69, 9.17) is 4.42 Å². The van der Waals surface area contributed by atoms with Gasteiger partial charge in [-0.1, -0.05) is 24.3 Å². The summed E-state index contributed by atoms with van der Waals surface area (Å²) in [5.74, 6) is -0.294. The molecule has 1 aliphatic rings. The van der Waals surface area contributed by atoms with E-state index in [2.05, 4.69) is 27.8 Å². The highest BCUT2D eigenvalue weighted by Gasteiger charge is 2.17. The predicted molar refractivity (Wildman–Crippen MR) is 112 cm³/mol. The molecule has 5 rings (SSSR count). The molecule has 144 valence electrons. The van der Waals surface area contributed by atoms with Crippen LogP contribution in [0.15, 0.2) is 58.5 Å². The van der Waals surface area contributed by atoms with Crippen LogP contribution in [-0.2, 0) is 24.1 Å². The first kappa shape index (κ1) is 17.6. The maximum atomic E-state index is 12.6. The molecule has 2 aromatic heterocycles. The molecule has 0 aliphatic heterocycles. The fourth-order valence-corrected chi connectivity index (χ4v) is 4.43. The Hall–Kier alpha value is -3.45. The lowest BCUT2D eigenvalue weighted by Crippen LogP contribution is -2.15. The molecule has 0 fully saturated rings. The van der Waals surface area contributed by atoms with Gasteiger partial charge >= 0.3 is 0 Å². The van der Waals surface area contributed by atoms with Gasteiger partial charge in [0.2, 0.25) is 5.91 Å². The zero-order chi connectivity index (χ0) is 19.8. The number of carbonyl (C=O) groups excluding carboxylic acids is 2. The Labute approximate surface area is 170 Å². The molecule has 0 saturated carbocycles. The molecule has 29 heavy (non-hydrogen) atoms. The van der Waals surface area contributed by atoms with Gasteiger partial charge in [-0.05, 0) is 47.6 Å². The predicted octanol–water partition coefficient (Wildman–Crippen LogP) is 4.42. The molecule has 6 nitrogen and oxygen atoms in total. The fourth-order valence-electron chi connectivity index (χ4n) is 3.73. The van der Waals surface area contributed by atoms with E-state index in [1.54, 1.807) is 17.5 Å². The standard InChI is InChI=1S/C22H17N3O3S/c26-19(11-15-12-29-22(23-15)25-21(27)18-5-2-10-28-18)24-17-9-8-14-7-6-13-3-1-4-16(17)20(13)14/h1-5,8-10,12H,6-7,11H2,(H,24,26)(H,23,25,27). The van der Waals surface area contributed by atoms with Crippen molar-refractivity contribution < 1.29 is 14.0 Å². The number of nitrogens with one attached hydrogen (secondary N) is 2. The topological polar surface area (TPSA) is 84.2 Å². The molecule has 0 unspecified atom stereocenters. The number of aromatic nitrogens is 1. The Kier molecular flexibility index (Phi) is 4.37. The zero-order valence-corrected chi connectivity index (χ0v) is 16.2. The van der Waals surface area contributed by atoms with Crippen LogP contribution in [0.2, 0.25) is 0 Å². The summed E-state index contributed by atoms with van der Waals surface area (Å²) in [6, 6.07) is 13.5. The molecule has 2 heterocycles. The Morgan fingerprint density at radius 1 is 1.03 bits per heavy atom. The Morgan fingerprint density at radius 2 is 1.90 bits per heavy atom. The monoisotopic (exact) mass is 403 g/mol. The summed E-state index contributed by atoms with van der Waals surface area (Å²) in [5, 5.41) is 10.2. The van der Waals surface area contributed by atoms with Gasteiger partial charge in [0.25, 0.3) is 5.91 Å². The van der Waals surface area contributed by atoms with Gasteiger partial charge in [-0.15, -0.1) is 11.3 Å². The molecule has 2 amide bonds. The molecule has 0 saturated heterocycles. The molecule has 0 atom stereocenters. The van der Waals surface area contributed by atoms with Gasteiger partial charge in [0.1, 0.15) is 0 Å². The van der Waals surface area contributed by atoms with Crippen LogP contribution in [0.4, 0.5) is 10.8 Å². The number of aryl methyl sites for hydroxylation is 2. The lowest BCUT2D eigenvalue weighted by Gasteiger charge is -2.10. The van der Waals surface area contributed by atoms with Crippen molar-refractivity contribution in [1.82, 2.24) is 4.98 Å². The van der Waals surface area contributed by atoms with Crippen molar-refractivity contribution in [3.05, 3.63) is 76.7 Å². The van der Waals surface area contributed by atoms with Crippen molar-refractivity contribution in [2.45, 2.75) is 19.3 Å². The van der Waals surface area contributed by atoms with E-state index >= 15 is 0 Å². The quantitative estimate of drug-likeness (QED) is 0.517. The highest BCUT2D eigenvalue weighted by atomic mass is 32.1. The van der Waals surface area contributed by atoms with E-state index in [1.165, 1.54) is 34.1 Å². The minimum atomic E-state index is -0.367. The minimum absolute atomic E-state index is 0.135. The van der Waals surface area contributed by atoms with Crippen molar-refractivity contribution in [2.75, 3.05) is 10.6 Å². The first-order chi connectivity index (χ1) is 14.2. The normalized spacial score (nSPS) is 12.3. The lowest BCUT2D eigenvalue weighted by molar-refractivity contribution is -0.115. The van der Waals surface area contributed by atoms with Gasteiger partial charge in [-0.3, -0.25) is 14.9 Å². The number of benzene rings is 2. The molecular formula is C22H17N3O3S. The molecule has 0 spiro atoms. The summed E-state index contributed by atoms with van der Waals surface area (Å²) in [4.78, 5) is 28.9. The average Bonchev–Trinajstić information content (AvgIpc) is 3.46. The molecule has 7 heteroatoms. The number of hydrogen-bond donors (Lipinski definition) is 2. The Balaban J connectivity index is 1.28. The second-order valence-corrected chi connectivity index (χ2v) is 7.77. The van der Waals surface area contributed by atoms with E-state index in [0.29, 0.717) is 10.8 Å². The number of anilines is 2. The van der Waals surface area contributed by atoms with E-state index < -0.39 is 0 Å². The molecular weight excluding hydrogens is 386 g/mol. The van der Waals surface area contributed by atoms with Gasteiger partial charge in [-0.2, -0.15) is 0 Å². The highest BCUT2D eigenvalue weighted by molar-refractivity contribution is 7.14.